The van der Waals surface area contributed by atoms with Crippen LogP contribution in [0.1, 0.15) is 16.1 Å². The van der Waals surface area contributed by atoms with E-state index in [-0.39, 0.29) is 10.6 Å². The minimum Gasteiger partial charge on any atom is -0.321 e. The van der Waals surface area contributed by atoms with Crippen molar-refractivity contribution in [3.05, 3.63) is 83.4 Å². The molecular formula is C21H18N4O3S2. The van der Waals surface area contributed by atoms with Crippen molar-refractivity contribution in [2.45, 2.75) is 11.8 Å². The van der Waals surface area contributed by atoms with Gasteiger partial charge in [0.05, 0.1) is 21.2 Å². The van der Waals surface area contributed by atoms with Crippen LogP contribution in [0.4, 0.5) is 11.4 Å². The van der Waals surface area contributed by atoms with Crippen LogP contribution in [0.2, 0.25) is 0 Å². The average Bonchev–Trinajstić information content (AvgIpc) is 3.43. The third-order valence-electron chi connectivity index (χ3n) is 4.39. The molecule has 2 heterocycles. The SMILES string of the molecule is Cc1ccc(NC(=O)c2cc(-c3cccs3)[nH]n2)cc1NS(=O)(=O)c1ccccc1. The lowest BCUT2D eigenvalue weighted by molar-refractivity contribution is 0.102. The molecule has 0 aliphatic heterocycles. The summed E-state index contributed by atoms with van der Waals surface area (Å²) in [6.07, 6.45) is 0. The van der Waals surface area contributed by atoms with Gasteiger partial charge in [-0.1, -0.05) is 30.3 Å². The molecular weight excluding hydrogens is 420 g/mol. The Morgan fingerprint density at radius 3 is 2.57 bits per heavy atom. The molecule has 0 unspecified atom stereocenters. The van der Waals surface area contributed by atoms with Crippen molar-refractivity contribution in [3.63, 3.8) is 0 Å². The lowest BCUT2D eigenvalue weighted by Crippen LogP contribution is -2.15. The van der Waals surface area contributed by atoms with Crippen LogP contribution in [0.25, 0.3) is 10.6 Å². The molecule has 0 atom stereocenters. The number of thiophene rings is 1. The third kappa shape index (κ3) is 4.27. The number of hydrogen-bond donors (Lipinski definition) is 3. The number of hydrogen-bond acceptors (Lipinski definition) is 5. The lowest BCUT2D eigenvalue weighted by atomic mass is 10.2. The molecule has 152 valence electrons. The van der Waals surface area contributed by atoms with Gasteiger partial charge < -0.3 is 5.32 Å². The van der Waals surface area contributed by atoms with Crippen LogP contribution in [-0.4, -0.2) is 24.5 Å². The maximum absolute atomic E-state index is 12.6. The summed E-state index contributed by atoms with van der Waals surface area (Å²) in [5.74, 6) is -0.394. The van der Waals surface area contributed by atoms with Gasteiger partial charge in [0.1, 0.15) is 0 Å². The fourth-order valence-electron chi connectivity index (χ4n) is 2.80. The van der Waals surface area contributed by atoms with Crippen molar-refractivity contribution in [1.29, 1.82) is 0 Å². The fraction of sp³-hybridized carbons (Fsp3) is 0.0476. The maximum Gasteiger partial charge on any atom is 0.276 e. The van der Waals surface area contributed by atoms with Gasteiger partial charge in [0.15, 0.2) is 5.69 Å². The lowest BCUT2D eigenvalue weighted by Gasteiger charge is -2.12. The number of anilines is 2. The number of benzene rings is 2. The third-order valence-corrected chi connectivity index (χ3v) is 6.67. The van der Waals surface area contributed by atoms with Crippen LogP contribution in [0.3, 0.4) is 0 Å². The molecule has 3 N–H and O–H groups in total. The highest BCUT2D eigenvalue weighted by atomic mass is 32.2. The van der Waals surface area contributed by atoms with Crippen LogP contribution < -0.4 is 10.0 Å². The maximum atomic E-state index is 12.6. The van der Waals surface area contributed by atoms with Gasteiger partial charge >= 0.3 is 0 Å². The highest BCUT2D eigenvalue weighted by molar-refractivity contribution is 7.92. The molecule has 7 nitrogen and oxygen atoms in total. The summed E-state index contributed by atoms with van der Waals surface area (Å²) >= 11 is 1.54. The summed E-state index contributed by atoms with van der Waals surface area (Å²) in [5.41, 5.74) is 2.57. The van der Waals surface area contributed by atoms with Crippen LogP contribution in [-0.2, 0) is 10.0 Å². The first-order valence-corrected chi connectivity index (χ1v) is 11.4. The van der Waals surface area contributed by atoms with Crippen LogP contribution in [0.15, 0.2) is 77.0 Å². The van der Waals surface area contributed by atoms with E-state index in [1.54, 1.807) is 60.7 Å². The number of aromatic amines is 1. The second kappa shape index (κ2) is 8.13. The predicted octanol–water partition coefficient (Wildman–Crippen LogP) is 4.50. The van der Waals surface area contributed by atoms with E-state index in [4.69, 9.17) is 0 Å². The van der Waals surface area contributed by atoms with Crippen LogP contribution >= 0.6 is 11.3 Å². The normalized spacial score (nSPS) is 11.2. The summed E-state index contributed by atoms with van der Waals surface area (Å²) in [4.78, 5) is 13.7. The smallest absolute Gasteiger partial charge is 0.276 e. The van der Waals surface area contributed by atoms with E-state index in [9.17, 15) is 13.2 Å². The number of aryl methyl sites for hydroxylation is 1. The Morgan fingerprint density at radius 2 is 1.83 bits per heavy atom. The van der Waals surface area contributed by atoms with Gasteiger partial charge in [-0.25, -0.2) is 8.42 Å². The summed E-state index contributed by atoms with van der Waals surface area (Å²) in [6.45, 7) is 1.79. The van der Waals surface area contributed by atoms with Crippen molar-refractivity contribution >= 4 is 38.6 Å². The standard InChI is InChI=1S/C21H18N4O3S2/c1-14-9-10-15(12-17(14)25-30(27,28)16-6-3-2-4-7-16)22-21(26)19-13-18(23-24-19)20-8-5-11-29-20/h2-13,25H,1H3,(H,22,26)(H,23,24). The summed E-state index contributed by atoms with van der Waals surface area (Å²) in [6, 6.07) is 18.7. The zero-order valence-corrected chi connectivity index (χ0v) is 17.5. The monoisotopic (exact) mass is 438 g/mol. The minimum absolute atomic E-state index is 0.163. The van der Waals surface area contributed by atoms with Crippen molar-refractivity contribution in [2.75, 3.05) is 10.0 Å². The predicted molar refractivity (Wildman–Crippen MR) is 118 cm³/mol. The number of rotatable bonds is 6. The van der Waals surface area contributed by atoms with Gasteiger partial charge in [0.25, 0.3) is 15.9 Å². The molecule has 2 aromatic heterocycles. The van der Waals surface area contributed by atoms with E-state index >= 15 is 0 Å². The van der Waals surface area contributed by atoms with Gasteiger partial charge in [-0.3, -0.25) is 14.6 Å². The molecule has 9 heteroatoms. The molecule has 0 aliphatic rings. The molecule has 0 fully saturated rings. The zero-order chi connectivity index (χ0) is 21.1. The number of nitrogens with zero attached hydrogens (tertiary/aromatic N) is 1. The molecule has 2 aromatic carbocycles. The number of nitrogens with one attached hydrogen (secondary N) is 3. The largest absolute Gasteiger partial charge is 0.321 e. The Kier molecular flexibility index (Phi) is 5.39. The van der Waals surface area contributed by atoms with Gasteiger partial charge in [-0.2, -0.15) is 5.10 Å². The molecule has 0 saturated heterocycles. The summed E-state index contributed by atoms with van der Waals surface area (Å²) in [5, 5.41) is 11.6. The highest BCUT2D eigenvalue weighted by Crippen LogP contribution is 2.25. The van der Waals surface area contributed by atoms with Gasteiger partial charge in [0, 0.05) is 5.69 Å². The number of carbonyl (C=O) groups excluding carboxylic acids is 1. The Bertz CT molecular complexity index is 1280. The average molecular weight is 439 g/mol. The first kappa shape index (κ1) is 19.9. The highest BCUT2D eigenvalue weighted by Gasteiger charge is 2.16. The number of sulfonamides is 1. The minimum atomic E-state index is -3.73. The van der Waals surface area contributed by atoms with E-state index in [1.807, 2.05) is 17.5 Å². The van der Waals surface area contributed by atoms with Gasteiger partial charge in [0.2, 0.25) is 0 Å². The Labute approximate surface area is 177 Å². The fourth-order valence-corrected chi connectivity index (χ4v) is 4.64. The molecule has 4 rings (SSSR count). The summed E-state index contributed by atoms with van der Waals surface area (Å²) in [7, 11) is -3.73. The Balaban J connectivity index is 1.53. The number of H-pyrrole nitrogens is 1. The van der Waals surface area contributed by atoms with Crippen molar-refractivity contribution in [1.82, 2.24) is 10.2 Å². The Morgan fingerprint density at radius 1 is 1.03 bits per heavy atom. The molecule has 0 aliphatic carbocycles. The molecule has 0 spiro atoms. The molecule has 1 amide bonds. The van der Waals surface area contributed by atoms with E-state index in [1.165, 1.54) is 12.1 Å². The van der Waals surface area contributed by atoms with Crippen LogP contribution in [0.5, 0.6) is 0 Å². The van der Waals surface area contributed by atoms with Crippen molar-refractivity contribution < 1.29 is 13.2 Å². The van der Waals surface area contributed by atoms with E-state index < -0.39 is 15.9 Å². The first-order chi connectivity index (χ1) is 14.4. The second-order valence-electron chi connectivity index (χ2n) is 6.55. The van der Waals surface area contributed by atoms with E-state index in [0.717, 1.165) is 16.1 Å². The van der Waals surface area contributed by atoms with E-state index in [2.05, 4.69) is 20.2 Å². The van der Waals surface area contributed by atoms with Crippen LogP contribution in [0, 0.1) is 6.92 Å². The molecule has 0 bridgehead atoms. The number of aromatic nitrogens is 2. The van der Waals surface area contributed by atoms with E-state index in [0.29, 0.717) is 11.4 Å². The number of amides is 1. The molecule has 30 heavy (non-hydrogen) atoms. The van der Waals surface area contributed by atoms with Gasteiger partial charge in [-0.05, 0) is 54.3 Å². The first-order valence-electron chi connectivity index (χ1n) is 9.01. The number of carbonyl (C=O) groups is 1. The molecule has 4 aromatic rings. The van der Waals surface area contributed by atoms with Crippen molar-refractivity contribution in [3.8, 4) is 10.6 Å². The zero-order valence-electron chi connectivity index (χ0n) is 15.9. The molecule has 0 saturated carbocycles. The quantitative estimate of drug-likeness (QED) is 0.412. The Hall–Kier alpha value is -3.43. The summed E-state index contributed by atoms with van der Waals surface area (Å²) < 4.78 is 27.8. The van der Waals surface area contributed by atoms with Crippen molar-refractivity contribution in [2.24, 2.45) is 0 Å². The van der Waals surface area contributed by atoms with Gasteiger partial charge in [-0.15, -0.1) is 11.3 Å². The molecule has 0 radical (unpaired) electrons. The second-order valence-corrected chi connectivity index (χ2v) is 9.18. The topological polar surface area (TPSA) is 104 Å².